The minimum Gasteiger partial charge on any atom is -0.379 e. The molecule has 168 valence electrons. The maximum absolute atomic E-state index is 13.3. The number of carbonyl (C=O) groups is 1. The number of aromatic nitrogens is 2. The number of hydrogen-bond acceptors (Lipinski definition) is 6. The third kappa shape index (κ3) is 3.46. The number of carbonyl (C=O) groups excluding carboxylic acids is 1. The summed E-state index contributed by atoms with van der Waals surface area (Å²) in [6, 6.07) is 12.2. The molecule has 33 heavy (non-hydrogen) atoms. The first kappa shape index (κ1) is 20.3. The van der Waals surface area contributed by atoms with Crippen LogP contribution < -0.4 is 4.90 Å². The van der Waals surface area contributed by atoms with Crippen LogP contribution >= 0.6 is 0 Å². The number of ether oxygens (including phenoxy) is 2. The highest BCUT2D eigenvalue weighted by atomic mass is 19.1. The van der Waals surface area contributed by atoms with Gasteiger partial charge in [0.05, 0.1) is 31.8 Å². The molecular formula is C25H23FN4O3. The van der Waals surface area contributed by atoms with E-state index in [0.29, 0.717) is 57.6 Å². The van der Waals surface area contributed by atoms with E-state index in [1.54, 1.807) is 24.5 Å². The van der Waals surface area contributed by atoms with E-state index in [0.717, 1.165) is 16.8 Å². The van der Waals surface area contributed by atoms with E-state index in [1.807, 2.05) is 17.0 Å². The van der Waals surface area contributed by atoms with Gasteiger partial charge < -0.3 is 19.3 Å². The Morgan fingerprint density at radius 1 is 0.939 bits per heavy atom. The molecule has 3 aliphatic rings. The molecule has 7 nitrogen and oxygen atoms in total. The van der Waals surface area contributed by atoms with Crippen molar-refractivity contribution in [3.8, 4) is 11.1 Å². The lowest BCUT2D eigenvalue weighted by Gasteiger charge is -2.38. The van der Waals surface area contributed by atoms with Crippen molar-refractivity contribution in [2.45, 2.75) is 5.41 Å². The summed E-state index contributed by atoms with van der Waals surface area (Å²) in [5, 5.41) is 0. The standard InChI is InChI=1S/C25H23FN4O3/c26-20-4-1-17(2-5-20)19-12-27-24(28-13-19)30-14-25(15-33-16-25)21-6-3-18(11-22(21)30)23(31)29-7-9-32-10-8-29/h1-6,11-13H,7-10,14-16H2. The van der Waals surface area contributed by atoms with E-state index in [2.05, 4.69) is 20.9 Å². The zero-order valence-corrected chi connectivity index (χ0v) is 18.0. The Kier molecular flexibility index (Phi) is 4.85. The summed E-state index contributed by atoms with van der Waals surface area (Å²) in [6.45, 7) is 4.32. The van der Waals surface area contributed by atoms with E-state index < -0.39 is 0 Å². The molecule has 0 radical (unpaired) electrons. The van der Waals surface area contributed by atoms with Gasteiger partial charge in [0.1, 0.15) is 5.82 Å². The Labute approximate surface area is 190 Å². The third-order valence-electron chi connectivity index (χ3n) is 6.68. The Bertz CT molecular complexity index is 1190. The molecule has 1 spiro atoms. The minimum absolute atomic E-state index is 0.0134. The molecule has 0 saturated carbocycles. The summed E-state index contributed by atoms with van der Waals surface area (Å²) < 4.78 is 24.2. The van der Waals surface area contributed by atoms with Gasteiger partial charge >= 0.3 is 0 Å². The summed E-state index contributed by atoms with van der Waals surface area (Å²) in [5.41, 5.74) is 4.34. The van der Waals surface area contributed by atoms with E-state index in [4.69, 9.17) is 9.47 Å². The van der Waals surface area contributed by atoms with E-state index in [1.165, 1.54) is 17.7 Å². The van der Waals surface area contributed by atoms with Crippen molar-refractivity contribution in [2.75, 3.05) is 51.0 Å². The maximum atomic E-state index is 13.3. The summed E-state index contributed by atoms with van der Waals surface area (Å²) in [4.78, 5) is 26.2. The molecule has 2 fully saturated rings. The summed E-state index contributed by atoms with van der Waals surface area (Å²) in [5.74, 6) is 0.307. The number of hydrogen-bond donors (Lipinski definition) is 0. The Hall–Kier alpha value is -3.36. The molecule has 3 aliphatic heterocycles. The second kappa shape index (κ2) is 7.90. The van der Waals surface area contributed by atoms with Crippen LogP contribution in [0.1, 0.15) is 15.9 Å². The van der Waals surface area contributed by atoms with Crippen LogP contribution in [0.2, 0.25) is 0 Å². The second-order valence-electron chi connectivity index (χ2n) is 8.77. The van der Waals surface area contributed by atoms with Crippen molar-refractivity contribution in [3.05, 3.63) is 71.8 Å². The van der Waals surface area contributed by atoms with Crippen molar-refractivity contribution in [3.63, 3.8) is 0 Å². The Morgan fingerprint density at radius 2 is 1.67 bits per heavy atom. The average molecular weight is 446 g/mol. The topological polar surface area (TPSA) is 67.8 Å². The first-order chi connectivity index (χ1) is 16.1. The van der Waals surface area contributed by atoms with Gasteiger partial charge in [-0.25, -0.2) is 14.4 Å². The van der Waals surface area contributed by atoms with Crippen molar-refractivity contribution in [1.82, 2.24) is 14.9 Å². The normalized spacial score (nSPS) is 18.8. The van der Waals surface area contributed by atoms with Crippen LogP contribution in [-0.2, 0) is 14.9 Å². The van der Waals surface area contributed by atoms with Crippen LogP contribution in [0.4, 0.5) is 16.0 Å². The fraction of sp³-hybridized carbons (Fsp3) is 0.320. The Morgan fingerprint density at radius 3 is 2.33 bits per heavy atom. The lowest BCUT2D eigenvalue weighted by molar-refractivity contribution is -0.0507. The van der Waals surface area contributed by atoms with Gasteiger partial charge in [-0.3, -0.25) is 4.79 Å². The van der Waals surface area contributed by atoms with E-state index in [9.17, 15) is 9.18 Å². The zero-order chi connectivity index (χ0) is 22.4. The molecule has 2 aromatic carbocycles. The van der Waals surface area contributed by atoms with Crippen LogP contribution in [0, 0.1) is 5.82 Å². The molecule has 0 atom stereocenters. The van der Waals surface area contributed by atoms with Gasteiger partial charge in [0.25, 0.3) is 5.91 Å². The smallest absolute Gasteiger partial charge is 0.254 e. The molecule has 0 bridgehead atoms. The number of anilines is 2. The largest absolute Gasteiger partial charge is 0.379 e. The number of halogens is 1. The number of benzene rings is 2. The van der Waals surface area contributed by atoms with Crippen LogP contribution in [-0.4, -0.2) is 66.8 Å². The fourth-order valence-corrected chi connectivity index (χ4v) is 4.78. The second-order valence-corrected chi connectivity index (χ2v) is 8.77. The molecule has 0 unspecified atom stereocenters. The number of fused-ring (bicyclic) bond motifs is 2. The third-order valence-corrected chi connectivity index (χ3v) is 6.68. The molecule has 8 heteroatoms. The quantitative estimate of drug-likeness (QED) is 0.616. The number of rotatable bonds is 3. The summed E-state index contributed by atoms with van der Waals surface area (Å²) >= 11 is 0. The van der Waals surface area contributed by atoms with Crippen LogP contribution in [0.15, 0.2) is 54.9 Å². The molecule has 4 heterocycles. The van der Waals surface area contributed by atoms with Crippen molar-refractivity contribution >= 4 is 17.5 Å². The van der Waals surface area contributed by atoms with Crippen LogP contribution in [0.25, 0.3) is 11.1 Å². The number of nitrogens with zero attached hydrogens (tertiary/aromatic N) is 4. The first-order valence-corrected chi connectivity index (χ1v) is 11.1. The molecule has 1 amide bonds. The van der Waals surface area contributed by atoms with Crippen molar-refractivity contribution < 1.29 is 18.7 Å². The monoisotopic (exact) mass is 446 g/mol. The number of amides is 1. The van der Waals surface area contributed by atoms with Crippen molar-refractivity contribution in [2.24, 2.45) is 0 Å². The Balaban J connectivity index is 1.33. The lowest BCUT2D eigenvalue weighted by atomic mass is 9.80. The molecule has 0 aliphatic carbocycles. The molecule has 2 saturated heterocycles. The van der Waals surface area contributed by atoms with Crippen LogP contribution in [0.5, 0.6) is 0 Å². The zero-order valence-electron chi connectivity index (χ0n) is 18.0. The van der Waals surface area contributed by atoms with Gasteiger partial charge in [0.15, 0.2) is 0 Å². The molecular weight excluding hydrogens is 423 g/mol. The SMILES string of the molecule is O=C(c1ccc2c(c1)N(c1ncc(-c3ccc(F)cc3)cn1)CC21COC1)N1CCOCC1. The van der Waals surface area contributed by atoms with Gasteiger partial charge in [-0.1, -0.05) is 18.2 Å². The van der Waals surface area contributed by atoms with Gasteiger partial charge in [-0.05, 0) is 35.4 Å². The fourth-order valence-electron chi connectivity index (χ4n) is 4.78. The summed E-state index contributed by atoms with van der Waals surface area (Å²) in [7, 11) is 0. The average Bonchev–Trinajstić information content (AvgIpc) is 3.20. The molecule has 0 N–H and O–H groups in total. The minimum atomic E-state index is -0.277. The van der Waals surface area contributed by atoms with E-state index in [-0.39, 0.29) is 17.1 Å². The summed E-state index contributed by atoms with van der Waals surface area (Å²) in [6.07, 6.45) is 3.50. The van der Waals surface area contributed by atoms with Gasteiger partial charge in [-0.2, -0.15) is 0 Å². The molecule has 1 aromatic heterocycles. The highest BCUT2D eigenvalue weighted by Crippen LogP contribution is 2.47. The first-order valence-electron chi connectivity index (χ1n) is 11.1. The van der Waals surface area contributed by atoms with Gasteiger partial charge in [0.2, 0.25) is 5.95 Å². The lowest BCUT2D eigenvalue weighted by Crippen LogP contribution is -2.49. The highest BCUT2D eigenvalue weighted by molar-refractivity contribution is 5.96. The number of morpholine rings is 1. The molecule has 6 rings (SSSR count). The highest BCUT2D eigenvalue weighted by Gasteiger charge is 2.49. The van der Waals surface area contributed by atoms with E-state index >= 15 is 0 Å². The molecule has 3 aromatic rings. The maximum Gasteiger partial charge on any atom is 0.254 e. The predicted octanol–water partition coefficient (Wildman–Crippen LogP) is 3.17. The van der Waals surface area contributed by atoms with Crippen molar-refractivity contribution in [1.29, 1.82) is 0 Å². The predicted molar refractivity (Wildman–Crippen MR) is 120 cm³/mol. The van der Waals surface area contributed by atoms with Gasteiger partial charge in [-0.15, -0.1) is 0 Å². The van der Waals surface area contributed by atoms with Gasteiger partial charge in [0, 0.05) is 48.8 Å². The van der Waals surface area contributed by atoms with Crippen LogP contribution in [0.3, 0.4) is 0 Å².